The highest BCUT2D eigenvalue weighted by Gasteiger charge is 2.10. The summed E-state index contributed by atoms with van der Waals surface area (Å²) in [5, 5.41) is 4.16. The molecular formula is C12H15N4O4S+. The average Bonchev–Trinajstić information content (AvgIpc) is 2.47. The summed E-state index contributed by atoms with van der Waals surface area (Å²) in [5.41, 5.74) is 1.40. The molecule has 112 valence electrons. The molecule has 0 radical (unpaired) electrons. The molecule has 0 saturated carbocycles. The van der Waals surface area contributed by atoms with E-state index in [0.29, 0.717) is 18.1 Å². The van der Waals surface area contributed by atoms with Gasteiger partial charge in [-0.15, -0.1) is 0 Å². The zero-order valence-electron chi connectivity index (χ0n) is 11.4. The number of rotatable bonds is 6. The molecule has 2 aromatic rings. The Kier molecular flexibility index (Phi) is 4.76. The lowest BCUT2D eigenvalue weighted by Crippen LogP contribution is -2.38. The Hall–Kier alpha value is -2.13. The second kappa shape index (κ2) is 6.55. The molecule has 0 amide bonds. The number of methoxy groups -OCH3 is 1. The molecule has 8 nitrogen and oxygen atoms in total. The second-order valence-corrected chi connectivity index (χ2v) is 5.84. The summed E-state index contributed by atoms with van der Waals surface area (Å²) in [7, 11) is -2.41. The van der Waals surface area contributed by atoms with E-state index in [1.54, 1.807) is 29.3 Å². The maximum Gasteiger partial charge on any atom is 0.265 e. The molecule has 0 aliphatic heterocycles. The van der Waals surface area contributed by atoms with Crippen LogP contribution in [0.3, 0.4) is 0 Å². The van der Waals surface area contributed by atoms with Gasteiger partial charge in [0.25, 0.3) is 10.1 Å². The number of ether oxygens (including phenoxy) is 1. The zero-order chi connectivity index (χ0) is 15.3. The van der Waals surface area contributed by atoms with Crippen LogP contribution in [0.1, 0.15) is 6.42 Å². The van der Waals surface area contributed by atoms with Gasteiger partial charge in [0.15, 0.2) is 12.7 Å². The van der Waals surface area contributed by atoms with Crippen LogP contribution in [0.2, 0.25) is 0 Å². The monoisotopic (exact) mass is 311 g/mol. The fraction of sp³-hybridized carbons (Fsp3) is 0.333. The largest absolute Gasteiger partial charge is 0.480 e. The van der Waals surface area contributed by atoms with Gasteiger partial charge in [0, 0.05) is 18.1 Å². The number of aryl methyl sites for hydroxylation is 1. The Labute approximate surface area is 122 Å². The molecule has 0 aliphatic rings. The normalized spacial score (nSPS) is 11.3. The van der Waals surface area contributed by atoms with Gasteiger partial charge in [-0.3, -0.25) is 9.54 Å². The van der Waals surface area contributed by atoms with Gasteiger partial charge >= 0.3 is 0 Å². The van der Waals surface area contributed by atoms with Crippen molar-refractivity contribution in [3.05, 3.63) is 30.9 Å². The Morgan fingerprint density at radius 2 is 2.14 bits per heavy atom. The highest BCUT2D eigenvalue weighted by molar-refractivity contribution is 7.85. The van der Waals surface area contributed by atoms with Crippen LogP contribution in [-0.4, -0.2) is 40.9 Å². The molecule has 0 aliphatic carbocycles. The highest BCUT2D eigenvalue weighted by atomic mass is 32.2. The van der Waals surface area contributed by atoms with Gasteiger partial charge < -0.3 is 4.74 Å². The SMILES string of the molecule is COc1cncc(-c2cc[n+](CCCS(=O)(=O)O)nc2)n1. The van der Waals surface area contributed by atoms with Crippen molar-refractivity contribution in [3.8, 4) is 17.1 Å². The molecule has 0 unspecified atom stereocenters. The van der Waals surface area contributed by atoms with Crippen molar-refractivity contribution in [2.24, 2.45) is 0 Å². The summed E-state index contributed by atoms with van der Waals surface area (Å²) in [4.78, 5) is 8.25. The minimum absolute atomic E-state index is 0.287. The summed E-state index contributed by atoms with van der Waals surface area (Å²) in [6.07, 6.45) is 6.71. The van der Waals surface area contributed by atoms with Crippen molar-refractivity contribution in [2.45, 2.75) is 13.0 Å². The first-order valence-electron chi connectivity index (χ1n) is 6.15. The van der Waals surface area contributed by atoms with Gasteiger partial charge in [-0.25, -0.2) is 4.98 Å². The van der Waals surface area contributed by atoms with Crippen LogP contribution in [0.4, 0.5) is 0 Å². The molecule has 9 heteroatoms. The summed E-state index contributed by atoms with van der Waals surface area (Å²) < 4.78 is 36.5. The van der Waals surface area contributed by atoms with E-state index in [9.17, 15) is 8.42 Å². The van der Waals surface area contributed by atoms with E-state index < -0.39 is 10.1 Å². The zero-order valence-corrected chi connectivity index (χ0v) is 12.2. The van der Waals surface area contributed by atoms with E-state index >= 15 is 0 Å². The van der Waals surface area contributed by atoms with Crippen LogP contribution in [0, 0.1) is 0 Å². The first kappa shape index (κ1) is 15.3. The summed E-state index contributed by atoms with van der Waals surface area (Å²) in [6, 6.07) is 1.80. The minimum atomic E-state index is -3.93. The lowest BCUT2D eigenvalue weighted by atomic mass is 10.2. The van der Waals surface area contributed by atoms with Crippen LogP contribution >= 0.6 is 0 Å². The van der Waals surface area contributed by atoms with Crippen molar-refractivity contribution in [2.75, 3.05) is 12.9 Å². The summed E-state index contributed by atoms with van der Waals surface area (Å²) in [5.74, 6) is 0.127. The van der Waals surface area contributed by atoms with Crippen LogP contribution in [0.25, 0.3) is 11.3 Å². The lowest BCUT2D eigenvalue weighted by Gasteiger charge is -2.01. The number of nitrogens with zero attached hydrogens (tertiary/aromatic N) is 4. The van der Waals surface area contributed by atoms with E-state index in [0.717, 1.165) is 5.56 Å². The standard InChI is InChI=1S/C12H14N4O4S/c1-20-12-9-13-8-11(15-12)10-3-5-16(14-7-10)4-2-6-21(17,18)19/h3,5,7-9H,2,4,6H2,1H3/p+1. The third-order valence-corrected chi connectivity index (χ3v) is 3.48. The molecule has 21 heavy (non-hydrogen) atoms. The van der Waals surface area contributed by atoms with Gasteiger partial charge in [-0.05, 0) is 5.10 Å². The van der Waals surface area contributed by atoms with Gasteiger partial charge in [0.1, 0.15) is 6.20 Å². The Morgan fingerprint density at radius 1 is 1.33 bits per heavy atom. The van der Waals surface area contributed by atoms with Gasteiger partial charge in [0.05, 0.1) is 31.0 Å². The highest BCUT2D eigenvalue weighted by Crippen LogP contribution is 2.15. The second-order valence-electron chi connectivity index (χ2n) is 4.26. The molecule has 2 aromatic heterocycles. The first-order valence-corrected chi connectivity index (χ1v) is 7.76. The maximum absolute atomic E-state index is 10.6. The molecular weight excluding hydrogens is 296 g/mol. The molecule has 0 spiro atoms. The minimum Gasteiger partial charge on any atom is -0.480 e. The Balaban J connectivity index is 2.04. The third kappa shape index (κ3) is 4.72. The predicted octanol–water partition coefficient (Wildman–Crippen LogP) is 0.113. The van der Waals surface area contributed by atoms with E-state index in [-0.39, 0.29) is 12.2 Å². The van der Waals surface area contributed by atoms with Gasteiger partial charge in [-0.1, -0.05) is 4.68 Å². The average molecular weight is 311 g/mol. The molecule has 0 atom stereocenters. The van der Waals surface area contributed by atoms with E-state index in [4.69, 9.17) is 9.29 Å². The van der Waals surface area contributed by atoms with E-state index in [1.165, 1.54) is 13.3 Å². The summed E-state index contributed by atoms with van der Waals surface area (Å²) >= 11 is 0. The topological polar surface area (TPSA) is 106 Å². The molecule has 0 bridgehead atoms. The van der Waals surface area contributed by atoms with E-state index in [1.807, 2.05) is 0 Å². The molecule has 2 rings (SSSR count). The van der Waals surface area contributed by atoms with Crippen molar-refractivity contribution < 1.29 is 22.4 Å². The number of hydrogen-bond acceptors (Lipinski definition) is 6. The Bertz CT molecular complexity index is 703. The van der Waals surface area contributed by atoms with Crippen LogP contribution in [-0.2, 0) is 16.7 Å². The third-order valence-electron chi connectivity index (χ3n) is 2.68. The van der Waals surface area contributed by atoms with Crippen molar-refractivity contribution >= 4 is 10.1 Å². The molecule has 0 saturated heterocycles. The molecule has 0 aromatic carbocycles. The first-order chi connectivity index (χ1) is 9.98. The quantitative estimate of drug-likeness (QED) is 0.596. The molecule has 0 fully saturated rings. The molecule has 2 heterocycles. The van der Waals surface area contributed by atoms with E-state index in [2.05, 4.69) is 15.1 Å². The fourth-order valence-corrected chi connectivity index (χ4v) is 2.16. The maximum atomic E-state index is 10.6. The van der Waals surface area contributed by atoms with Crippen molar-refractivity contribution in [1.29, 1.82) is 0 Å². The van der Waals surface area contributed by atoms with Crippen LogP contribution < -0.4 is 9.42 Å². The number of aromatic nitrogens is 4. The van der Waals surface area contributed by atoms with Gasteiger partial charge in [0.2, 0.25) is 5.88 Å². The molecule has 1 N–H and O–H groups in total. The summed E-state index contributed by atoms with van der Waals surface area (Å²) in [6.45, 7) is 0.393. The lowest BCUT2D eigenvalue weighted by molar-refractivity contribution is -0.753. The van der Waals surface area contributed by atoms with Crippen LogP contribution in [0.15, 0.2) is 30.9 Å². The fourth-order valence-electron chi connectivity index (χ4n) is 1.66. The van der Waals surface area contributed by atoms with Crippen molar-refractivity contribution in [3.63, 3.8) is 0 Å². The Morgan fingerprint density at radius 3 is 2.76 bits per heavy atom. The smallest absolute Gasteiger partial charge is 0.265 e. The van der Waals surface area contributed by atoms with Crippen LogP contribution in [0.5, 0.6) is 5.88 Å². The predicted molar refractivity (Wildman–Crippen MR) is 73.0 cm³/mol. The van der Waals surface area contributed by atoms with Crippen molar-refractivity contribution in [1.82, 2.24) is 15.1 Å². The van der Waals surface area contributed by atoms with Gasteiger partial charge in [-0.2, -0.15) is 8.42 Å². The number of hydrogen-bond donors (Lipinski definition) is 1.